The largest absolute Gasteiger partial charge is 0.494 e. The maximum atomic E-state index is 13.0. The lowest BCUT2D eigenvalue weighted by molar-refractivity contribution is 0.0643. The number of unbranched alkanes of at least 4 members (excludes halogenated alkanes) is 2. The van der Waals surface area contributed by atoms with Crippen LogP contribution in [0.25, 0.3) is 0 Å². The van der Waals surface area contributed by atoms with Gasteiger partial charge in [0.05, 0.1) is 34.5 Å². The fourth-order valence-corrected chi connectivity index (χ4v) is 5.00. The van der Waals surface area contributed by atoms with E-state index in [-0.39, 0.29) is 23.8 Å². The molecular formula is C36H47N3O7. The van der Waals surface area contributed by atoms with Gasteiger partial charge in [0.15, 0.2) is 23.0 Å². The van der Waals surface area contributed by atoms with Crippen molar-refractivity contribution >= 4 is 17.6 Å². The number of benzene rings is 3. The minimum atomic E-state index is -0.451. The molecule has 3 aromatic rings. The van der Waals surface area contributed by atoms with Gasteiger partial charge in [-0.1, -0.05) is 12.1 Å². The van der Waals surface area contributed by atoms with Crippen molar-refractivity contribution in [3.05, 3.63) is 77.4 Å². The fraction of sp³-hybridized carbons (Fsp3) is 0.417. The van der Waals surface area contributed by atoms with E-state index in [1.807, 2.05) is 56.9 Å². The number of amidine groups is 1. The van der Waals surface area contributed by atoms with Crippen LogP contribution in [0.2, 0.25) is 0 Å². The summed E-state index contributed by atoms with van der Waals surface area (Å²) >= 11 is 0. The van der Waals surface area contributed by atoms with Crippen LogP contribution < -0.4 is 29.4 Å². The van der Waals surface area contributed by atoms with Crippen LogP contribution >= 0.6 is 0 Å². The zero-order valence-corrected chi connectivity index (χ0v) is 28.0. The number of carbonyl (C=O) groups is 2. The molecule has 248 valence electrons. The van der Waals surface area contributed by atoms with Crippen molar-refractivity contribution in [2.24, 2.45) is 10.7 Å². The van der Waals surface area contributed by atoms with Crippen LogP contribution in [0.5, 0.6) is 28.7 Å². The van der Waals surface area contributed by atoms with Gasteiger partial charge in [-0.3, -0.25) is 9.59 Å². The average Bonchev–Trinajstić information content (AvgIpc) is 3.04. The molecule has 3 rings (SSSR count). The van der Waals surface area contributed by atoms with Crippen molar-refractivity contribution in [3.8, 4) is 28.7 Å². The summed E-state index contributed by atoms with van der Waals surface area (Å²) in [5, 5.41) is 0. The number of nitrogens with two attached hydrogens (primary N) is 1. The molecule has 0 aliphatic rings. The molecule has 0 aliphatic carbocycles. The van der Waals surface area contributed by atoms with Crippen LogP contribution in [0.4, 0.5) is 0 Å². The third kappa shape index (κ3) is 10.2. The van der Waals surface area contributed by atoms with E-state index in [4.69, 9.17) is 29.4 Å². The van der Waals surface area contributed by atoms with E-state index in [0.29, 0.717) is 53.8 Å². The number of hydrogen-bond donors (Lipinski definition) is 1. The SMILES string of the molecule is COc1ccc(C(=O)N=C(N)Cc2ccc(OCCCCCOc3ccc(C(=O)N(C(C)C)C(C)C)cc3OC)cc2)cc1OC. The summed E-state index contributed by atoms with van der Waals surface area (Å²) in [4.78, 5) is 31.5. The molecule has 0 bridgehead atoms. The van der Waals surface area contributed by atoms with Gasteiger partial charge in [0.2, 0.25) is 0 Å². The number of amides is 2. The molecule has 2 amide bonds. The molecular weight excluding hydrogens is 586 g/mol. The number of rotatable bonds is 17. The molecule has 0 atom stereocenters. The Morgan fingerprint density at radius 3 is 1.85 bits per heavy atom. The minimum absolute atomic E-state index is 0.0265. The highest BCUT2D eigenvalue weighted by atomic mass is 16.5. The maximum Gasteiger partial charge on any atom is 0.278 e. The second-order valence-corrected chi connectivity index (χ2v) is 11.3. The quantitative estimate of drug-likeness (QED) is 0.104. The van der Waals surface area contributed by atoms with E-state index in [2.05, 4.69) is 4.99 Å². The van der Waals surface area contributed by atoms with Gasteiger partial charge in [0.1, 0.15) is 11.6 Å². The molecule has 46 heavy (non-hydrogen) atoms. The van der Waals surface area contributed by atoms with Crippen molar-refractivity contribution in [2.45, 2.75) is 65.5 Å². The molecule has 0 fully saturated rings. The van der Waals surface area contributed by atoms with E-state index in [9.17, 15) is 9.59 Å². The lowest BCUT2D eigenvalue weighted by atomic mass is 10.1. The predicted molar refractivity (Wildman–Crippen MR) is 180 cm³/mol. The molecule has 0 unspecified atom stereocenters. The minimum Gasteiger partial charge on any atom is -0.494 e. The van der Waals surface area contributed by atoms with Crippen LogP contribution in [0, 0.1) is 0 Å². The van der Waals surface area contributed by atoms with Crippen molar-refractivity contribution < 1.29 is 33.3 Å². The predicted octanol–water partition coefficient (Wildman–Crippen LogP) is 6.34. The topological polar surface area (TPSA) is 122 Å². The Hall–Kier alpha value is -4.73. The van der Waals surface area contributed by atoms with E-state index >= 15 is 0 Å². The Labute approximate surface area is 272 Å². The molecule has 10 nitrogen and oxygen atoms in total. The molecule has 0 saturated carbocycles. The second-order valence-electron chi connectivity index (χ2n) is 11.3. The number of aliphatic imine (C=N–C) groups is 1. The van der Waals surface area contributed by atoms with Gasteiger partial charge < -0.3 is 34.3 Å². The fourth-order valence-electron chi connectivity index (χ4n) is 5.00. The Kier molecular flexibility index (Phi) is 13.7. The van der Waals surface area contributed by atoms with Gasteiger partial charge >= 0.3 is 0 Å². The van der Waals surface area contributed by atoms with Crippen LogP contribution in [0.15, 0.2) is 65.7 Å². The lowest BCUT2D eigenvalue weighted by Gasteiger charge is -2.31. The first-order valence-electron chi connectivity index (χ1n) is 15.5. The summed E-state index contributed by atoms with van der Waals surface area (Å²) in [7, 11) is 4.62. The Balaban J connectivity index is 1.40. The summed E-state index contributed by atoms with van der Waals surface area (Å²) < 4.78 is 27.8. The van der Waals surface area contributed by atoms with Crippen LogP contribution in [-0.2, 0) is 6.42 Å². The third-order valence-electron chi connectivity index (χ3n) is 7.26. The maximum absolute atomic E-state index is 13.0. The summed E-state index contributed by atoms with van der Waals surface area (Å²) in [5.74, 6) is 2.62. The molecule has 0 radical (unpaired) electrons. The van der Waals surface area contributed by atoms with Crippen molar-refractivity contribution in [3.63, 3.8) is 0 Å². The van der Waals surface area contributed by atoms with Gasteiger partial charge in [0.25, 0.3) is 11.8 Å². The first kappa shape index (κ1) is 35.7. The zero-order chi connectivity index (χ0) is 33.6. The van der Waals surface area contributed by atoms with Crippen molar-refractivity contribution in [1.29, 1.82) is 0 Å². The first-order valence-corrected chi connectivity index (χ1v) is 15.5. The Bertz CT molecular complexity index is 1460. The van der Waals surface area contributed by atoms with Crippen molar-refractivity contribution in [2.75, 3.05) is 34.5 Å². The van der Waals surface area contributed by atoms with Gasteiger partial charge in [-0.15, -0.1) is 0 Å². The molecule has 3 aromatic carbocycles. The Morgan fingerprint density at radius 1 is 0.696 bits per heavy atom. The van der Waals surface area contributed by atoms with Gasteiger partial charge in [-0.05, 0) is 101 Å². The number of ether oxygens (including phenoxy) is 5. The highest BCUT2D eigenvalue weighted by Crippen LogP contribution is 2.30. The van der Waals surface area contributed by atoms with E-state index in [1.165, 1.54) is 14.2 Å². The number of hydrogen-bond acceptors (Lipinski definition) is 7. The van der Waals surface area contributed by atoms with Crippen LogP contribution in [-0.4, -0.2) is 69.2 Å². The molecule has 0 aliphatic heterocycles. The number of nitrogens with zero attached hydrogens (tertiary/aromatic N) is 2. The average molecular weight is 634 g/mol. The molecule has 0 saturated heterocycles. The number of carbonyl (C=O) groups excluding carboxylic acids is 2. The van der Waals surface area contributed by atoms with E-state index in [0.717, 1.165) is 30.6 Å². The third-order valence-corrected chi connectivity index (χ3v) is 7.26. The summed E-state index contributed by atoms with van der Waals surface area (Å²) in [6.45, 7) is 9.15. The summed E-state index contributed by atoms with van der Waals surface area (Å²) in [5.41, 5.74) is 7.91. The van der Waals surface area contributed by atoms with Crippen molar-refractivity contribution in [1.82, 2.24) is 4.90 Å². The van der Waals surface area contributed by atoms with Gasteiger partial charge in [-0.2, -0.15) is 4.99 Å². The molecule has 0 spiro atoms. The van der Waals surface area contributed by atoms with E-state index in [1.54, 1.807) is 43.5 Å². The summed E-state index contributed by atoms with van der Waals surface area (Å²) in [6, 6.07) is 17.9. The lowest BCUT2D eigenvalue weighted by Crippen LogP contribution is -2.42. The van der Waals surface area contributed by atoms with Crippen LogP contribution in [0.3, 0.4) is 0 Å². The monoisotopic (exact) mass is 633 g/mol. The molecule has 0 aromatic heterocycles. The first-order chi connectivity index (χ1) is 22.1. The highest BCUT2D eigenvalue weighted by molar-refractivity contribution is 6.03. The summed E-state index contributed by atoms with van der Waals surface area (Å²) in [6.07, 6.45) is 2.97. The normalized spacial score (nSPS) is 11.4. The van der Waals surface area contributed by atoms with Gasteiger partial charge in [0, 0.05) is 29.6 Å². The smallest absolute Gasteiger partial charge is 0.278 e. The Morgan fingerprint density at radius 2 is 1.24 bits per heavy atom. The number of methoxy groups -OCH3 is 3. The molecule has 10 heteroatoms. The standard InChI is InChI=1S/C36H47N3O7/c1-24(2)39(25(3)4)36(41)28-14-18-31(33(23-28)44-7)46-20-10-8-9-19-45-29-15-11-26(12-16-29)21-34(37)38-35(40)27-13-17-30(42-5)32(22-27)43-6/h11-18,22-25H,8-10,19-21H2,1-7H3,(H2,37,38,40). The molecule has 0 heterocycles. The zero-order valence-electron chi connectivity index (χ0n) is 28.0. The second kappa shape index (κ2) is 17.7. The highest BCUT2D eigenvalue weighted by Gasteiger charge is 2.22. The van der Waals surface area contributed by atoms with Gasteiger partial charge in [-0.25, -0.2) is 0 Å². The molecule has 2 N–H and O–H groups in total. The van der Waals surface area contributed by atoms with Crippen LogP contribution in [0.1, 0.15) is 73.2 Å². The van der Waals surface area contributed by atoms with E-state index < -0.39 is 5.91 Å².